The highest BCUT2D eigenvalue weighted by Gasteiger charge is 2.39. The molecule has 2 aromatic rings. The van der Waals surface area contributed by atoms with Gasteiger partial charge in [-0.3, -0.25) is 9.36 Å². The lowest BCUT2D eigenvalue weighted by Crippen LogP contribution is -2.49. The summed E-state index contributed by atoms with van der Waals surface area (Å²) in [7, 11) is -3.71. The molecule has 3 N–H and O–H groups in total. The zero-order valence-corrected chi connectivity index (χ0v) is 23.8. The molecule has 0 spiro atoms. The van der Waals surface area contributed by atoms with E-state index in [1.165, 1.54) is 31.2 Å². The molecule has 1 aliphatic rings. The Hall–Kier alpha value is -2.65. The van der Waals surface area contributed by atoms with Crippen LogP contribution in [0.25, 0.3) is 11.4 Å². The van der Waals surface area contributed by atoms with Gasteiger partial charge in [-0.1, -0.05) is 29.8 Å². The van der Waals surface area contributed by atoms with Crippen molar-refractivity contribution in [1.29, 1.82) is 0 Å². The smallest absolute Gasteiger partial charge is 0.382 e. The minimum Gasteiger partial charge on any atom is -0.382 e. The van der Waals surface area contributed by atoms with E-state index in [1.54, 1.807) is 19.1 Å². The Morgan fingerprint density at radius 3 is 2.50 bits per heavy atom. The van der Waals surface area contributed by atoms with Gasteiger partial charge in [-0.05, 0) is 50.1 Å². The number of alkyl halides is 4. The molecule has 3 rings (SSSR count). The quantitative estimate of drug-likeness (QED) is 0.329. The van der Waals surface area contributed by atoms with Crippen molar-refractivity contribution in [3.05, 3.63) is 63.6 Å². The number of nitrogens with one attached hydrogen (secondary N) is 2. The Bertz CT molecular complexity index is 1450. The first-order valence-electron chi connectivity index (χ1n) is 12.0. The molecule has 0 aliphatic heterocycles. The number of aliphatic hydroxyl groups is 1. The van der Waals surface area contributed by atoms with Gasteiger partial charge in [0.05, 0.1) is 23.2 Å². The van der Waals surface area contributed by atoms with Crippen molar-refractivity contribution in [3.63, 3.8) is 0 Å². The van der Waals surface area contributed by atoms with Gasteiger partial charge in [-0.2, -0.15) is 13.2 Å². The first kappa shape index (κ1) is 31.9. The van der Waals surface area contributed by atoms with E-state index in [9.17, 15) is 36.3 Å². The van der Waals surface area contributed by atoms with Crippen LogP contribution in [0.2, 0.25) is 5.02 Å². The minimum absolute atomic E-state index is 0.219. The van der Waals surface area contributed by atoms with Crippen molar-refractivity contribution >= 4 is 39.1 Å². The molecule has 1 amide bonds. The first-order chi connectivity index (χ1) is 18.5. The summed E-state index contributed by atoms with van der Waals surface area (Å²) in [5.41, 5.74) is -0.329. The van der Waals surface area contributed by atoms with Crippen LogP contribution in [0.4, 0.5) is 13.2 Å². The largest absolute Gasteiger partial charge is 0.416 e. The second kappa shape index (κ2) is 12.5. The van der Waals surface area contributed by atoms with Crippen LogP contribution in [0, 0.1) is 0 Å². The van der Waals surface area contributed by atoms with Crippen LogP contribution < -0.4 is 15.7 Å². The van der Waals surface area contributed by atoms with E-state index < -0.39 is 57.9 Å². The minimum atomic E-state index is -5.00. The number of hydrogen-bond acceptors (Lipinski definition) is 6. The van der Waals surface area contributed by atoms with Gasteiger partial charge in [0.25, 0.3) is 0 Å². The first-order valence-corrected chi connectivity index (χ1v) is 14.5. The van der Waals surface area contributed by atoms with Crippen molar-refractivity contribution in [1.82, 2.24) is 24.4 Å². The van der Waals surface area contributed by atoms with Crippen LogP contribution in [-0.4, -0.2) is 69.3 Å². The van der Waals surface area contributed by atoms with E-state index >= 15 is 0 Å². The van der Waals surface area contributed by atoms with E-state index in [1.807, 2.05) is 6.08 Å². The lowest BCUT2D eigenvalue weighted by Gasteiger charge is -2.33. The normalized spacial score (nSPS) is 19.2. The molecule has 0 bridgehead atoms. The summed E-state index contributed by atoms with van der Waals surface area (Å²) in [6.07, 6.45) is -2.26. The predicted molar refractivity (Wildman–Crippen MR) is 144 cm³/mol. The van der Waals surface area contributed by atoms with E-state index in [-0.39, 0.29) is 23.7 Å². The molecule has 0 saturated heterocycles. The number of nitrogens with zero attached hydrogens (tertiary/aromatic N) is 3. The summed E-state index contributed by atoms with van der Waals surface area (Å²) in [6, 6.07) is 4.81. The van der Waals surface area contributed by atoms with Crippen LogP contribution in [0.5, 0.6) is 0 Å². The Balaban J connectivity index is 1.86. The topological polar surface area (TPSA) is 135 Å². The number of amides is 1. The fourth-order valence-corrected chi connectivity index (χ4v) is 5.17. The zero-order valence-electron chi connectivity index (χ0n) is 21.5. The van der Waals surface area contributed by atoms with Crippen LogP contribution in [0.3, 0.4) is 0 Å². The Labute approximate surface area is 238 Å². The highest BCUT2D eigenvalue weighted by molar-refractivity contribution is 7.89. The van der Waals surface area contributed by atoms with Gasteiger partial charge in [0.2, 0.25) is 15.9 Å². The standard InChI is InChI=1S/C24H28Cl2F3N5O5S/c1-3-40(38,39)32-18(17-6-4-5-11-23(17,2)26)12-30-20(36)14-34-22(37)33(13-19(35)24(27,28)29)21(31-34)15-7-9-16(25)10-8-15/h4-10,18-19,32,35H,3,11-14H2,1-2H3,(H,30,36)/t18?,19-,23?/m0/s1. The summed E-state index contributed by atoms with van der Waals surface area (Å²) in [5, 5.41) is 16.5. The number of rotatable bonds is 11. The summed E-state index contributed by atoms with van der Waals surface area (Å²) < 4.78 is 67.6. The van der Waals surface area contributed by atoms with Crippen LogP contribution in [0.1, 0.15) is 20.3 Å². The van der Waals surface area contributed by atoms with Crippen LogP contribution >= 0.6 is 23.2 Å². The maximum atomic E-state index is 13.1. The van der Waals surface area contributed by atoms with E-state index in [4.69, 9.17) is 23.2 Å². The average Bonchev–Trinajstić information content (AvgIpc) is 3.16. The third-order valence-corrected chi connectivity index (χ3v) is 8.18. The molecule has 2 unspecified atom stereocenters. The third kappa shape index (κ3) is 7.97. The number of sulfonamides is 1. The van der Waals surface area contributed by atoms with Crippen LogP contribution in [0.15, 0.2) is 52.9 Å². The Morgan fingerprint density at radius 2 is 1.93 bits per heavy atom. The van der Waals surface area contributed by atoms with Crippen molar-refractivity contribution in [3.8, 4) is 11.4 Å². The van der Waals surface area contributed by atoms with E-state index in [2.05, 4.69) is 15.1 Å². The van der Waals surface area contributed by atoms with Gasteiger partial charge in [0.15, 0.2) is 11.9 Å². The molecule has 10 nitrogen and oxygen atoms in total. The highest BCUT2D eigenvalue weighted by atomic mass is 35.5. The number of aromatic nitrogens is 3. The zero-order chi connectivity index (χ0) is 29.9. The molecule has 1 aromatic carbocycles. The second-order valence-corrected chi connectivity index (χ2v) is 12.6. The van der Waals surface area contributed by atoms with E-state index in [0.717, 1.165) is 0 Å². The average molecular weight is 626 g/mol. The molecular formula is C24H28Cl2F3N5O5S. The molecule has 3 atom stereocenters. The molecule has 0 fully saturated rings. The summed E-state index contributed by atoms with van der Waals surface area (Å²) in [4.78, 5) is 24.9. The Morgan fingerprint density at radius 1 is 1.27 bits per heavy atom. The molecular weight excluding hydrogens is 598 g/mol. The lowest BCUT2D eigenvalue weighted by molar-refractivity contribution is -0.207. The number of benzene rings is 1. The number of hydrogen-bond donors (Lipinski definition) is 3. The van der Waals surface area contributed by atoms with Gasteiger partial charge >= 0.3 is 11.9 Å². The van der Waals surface area contributed by atoms with Gasteiger partial charge < -0.3 is 10.4 Å². The van der Waals surface area contributed by atoms with Crippen molar-refractivity contribution < 1.29 is 31.5 Å². The third-order valence-electron chi connectivity index (χ3n) is 6.15. The maximum Gasteiger partial charge on any atom is 0.416 e. The number of aliphatic hydroxyl groups excluding tert-OH is 1. The molecule has 1 heterocycles. The molecule has 40 heavy (non-hydrogen) atoms. The number of allylic oxidation sites excluding steroid dienone is 3. The van der Waals surface area contributed by atoms with Gasteiger partial charge in [-0.25, -0.2) is 22.6 Å². The summed E-state index contributed by atoms with van der Waals surface area (Å²) >= 11 is 12.5. The molecule has 220 valence electrons. The number of halogens is 5. The van der Waals surface area contributed by atoms with E-state index in [0.29, 0.717) is 26.3 Å². The summed E-state index contributed by atoms with van der Waals surface area (Å²) in [5.74, 6) is -1.21. The fourth-order valence-electron chi connectivity index (χ4n) is 3.95. The molecule has 1 aliphatic carbocycles. The highest BCUT2D eigenvalue weighted by Crippen LogP contribution is 2.34. The lowest BCUT2D eigenvalue weighted by atomic mass is 9.87. The van der Waals surface area contributed by atoms with Crippen LogP contribution in [-0.2, 0) is 27.9 Å². The molecule has 16 heteroatoms. The van der Waals surface area contributed by atoms with Gasteiger partial charge in [-0.15, -0.1) is 16.7 Å². The van der Waals surface area contributed by atoms with Crippen molar-refractivity contribution in [2.24, 2.45) is 0 Å². The molecule has 0 radical (unpaired) electrons. The maximum absolute atomic E-state index is 13.1. The van der Waals surface area contributed by atoms with Gasteiger partial charge in [0.1, 0.15) is 6.54 Å². The Kier molecular flexibility index (Phi) is 9.94. The van der Waals surface area contributed by atoms with Gasteiger partial charge in [0, 0.05) is 17.1 Å². The molecule has 0 saturated carbocycles. The predicted octanol–water partition coefficient (Wildman–Crippen LogP) is 2.60. The van der Waals surface area contributed by atoms with Crippen molar-refractivity contribution in [2.75, 3.05) is 12.3 Å². The monoisotopic (exact) mass is 625 g/mol. The fraction of sp³-hybridized carbons (Fsp3) is 0.458. The second-order valence-electron chi connectivity index (χ2n) is 9.27. The SMILES string of the molecule is CCS(=O)(=O)NC(CNC(=O)Cn1nc(-c2ccc(Cl)cc2)n(C[C@H](O)C(F)(F)F)c1=O)C1=CC=CCC1(C)Cl. The molecule has 1 aromatic heterocycles. The number of carbonyl (C=O) groups is 1. The van der Waals surface area contributed by atoms with Crippen molar-refractivity contribution in [2.45, 2.75) is 56.6 Å². The summed E-state index contributed by atoms with van der Waals surface area (Å²) in [6.45, 7) is 1.08. The number of carbonyl (C=O) groups excluding carboxylic acids is 1.